The van der Waals surface area contributed by atoms with Gasteiger partial charge in [0.05, 0.1) is 18.0 Å². The topological polar surface area (TPSA) is 92.9 Å². The fraction of sp³-hybridized carbons (Fsp3) is 0.130. The summed E-state index contributed by atoms with van der Waals surface area (Å²) in [7, 11) is 1.76. The summed E-state index contributed by atoms with van der Waals surface area (Å²) in [5, 5.41) is 11.6. The maximum atomic E-state index is 13.6. The second kappa shape index (κ2) is 8.57. The molecular weight excluding hydrogens is 414 g/mol. The van der Waals surface area contributed by atoms with Crippen LogP contribution in [0.25, 0.3) is 22.4 Å². The fourth-order valence-corrected chi connectivity index (χ4v) is 3.40. The minimum atomic E-state index is -0.330. The summed E-state index contributed by atoms with van der Waals surface area (Å²) in [5.74, 6) is 0.413. The van der Waals surface area contributed by atoms with Crippen molar-refractivity contribution in [1.82, 2.24) is 19.9 Å². The van der Waals surface area contributed by atoms with Gasteiger partial charge in [-0.05, 0) is 49.4 Å². The predicted molar refractivity (Wildman–Crippen MR) is 123 cm³/mol. The highest BCUT2D eigenvalue weighted by Crippen LogP contribution is 2.24. The molecule has 4 rings (SSSR count). The molecule has 0 amide bonds. The molecule has 2 heterocycles. The zero-order valence-electron chi connectivity index (χ0n) is 17.0. The third-order valence-electron chi connectivity index (χ3n) is 4.68. The highest BCUT2D eigenvalue weighted by molar-refractivity contribution is 6.30. The van der Waals surface area contributed by atoms with E-state index in [1.807, 2.05) is 6.92 Å². The fourth-order valence-electron chi connectivity index (χ4n) is 3.28. The maximum absolute atomic E-state index is 13.6. The van der Waals surface area contributed by atoms with Crippen molar-refractivity contribution < 1.29 is 4.74 Å². The van der Waals surface area contributed by atoms with Crippen molar-refractivity contribution in [3.63, 3.8) is 0 Å². The van der Waals surface area contributed by atoms with E-state index in [0.717, 1.165) is 0 Å². The van der Waals surface area contributed by atoms with Gasteiger partial charge in [-0.15, -0.1) is 0 Å². The first-order valence-electron chi connectivity index (χ1n) is 9.71. The standard InChI is InChI=1S/C23H20ClN5O2/c1-3-31-20-11-10-19-22(28-20)29(17-7-5-16(24)6-8-17)23(30)21(27-19)14-4-9-18(25)15(12-14)13-26-2/h4-13,25-26H,3H2,1-2H3/b15-13-,25-18?. The molecule has 0 bridgehead atoms. The Morgan fingerprint density at radius 2 is 1.94 bits per heavy atom. The molecule has 7 nitrogen and oxygen atoms in total. The van der Waals surface area contributed by atoms with Gasteiger partial charge in [0.25, 0.3) is 5.56 Å². The monoisotopic (exact) mass is 433 g/mol. The molecule has 3 aromatic rings. The van der Waals surface area contributed by atoms with Gasteiger partial charge in [-0.1, -0.05) is 17.7 Å². The highest BCUT2D eigenvalue weighted by Gasteiger charge is 2.19. The molecule has 0 saturated heterocycles. The summed E-state index contributed by atoms with van der Waals surface area (Å²) in [6, 6.07) is 10.5. The number of allylic oxidation sites excluding steroid dienone is 5. The van der Waals surface area contributed by atoms with Gasteiger partial charge in [0.15, 0.2) is 5.65 Å². The van der Waals surface area contributed by atoms with Crippen molar-refractivity contribution in [3.8, 4) is 11.6 Å². The van der Waals surface area contributed by atoms with Crippen molar-refractivity contribution in [3.05, 3.63) is 87.5 Å². The van der Waals surface area contributed by atoms with E-state index >= 15 is 0 Å². The first kappa shape index (κ1) is 20.6. The van der Waals surface area contributed by atoms with Gasteiger partial charge in [0.1, 0.15) is 11.2 Å². The summed E-state index contributed by atoms with van der Waals surface area (Å²) in [5.41, 5.74) is 3.10. The van der Waals surface area contributed by atoms with Gasteiger partial charge in [-0.25, -0.2) is 4.98 Å². The number of nitrogens with one attached hydrogen (secondary N) is 2. The van der Waals surface area contributed by atoms with E-state index in [9.17, 15) is 4.79 Å². The molecule has 1 aliphatic carbocycles. The summed E-state index contributed by atoms with van der Waals surface area (Å²) in [6.45, 7) is 2.33. The number of fused-ring (bicyclic) bond motifs is 1. The SMILES string of the molecule is CCOc1ccc2nc(C3=C/C(=C/NC)C(=N)C=C3)c(=O)n(-c3ccc(Cl)cc3)c2n1. The number of nitrogens with zero attached hydrogens (tertiary/aromatic N) is 3. The van der Waals surface area contributed by atoms with Crippen LogP contribution in [0.2, 0.25) is 5.02 Å². The van der Waals surface area contributed by atoms with Crippen LogP contribution in [0.4, 0.5) is 0 Å². The lowest BCUT2D eigenvalue weighted by molar-refractivity contribution is 0.328. The minimum Gasteiger partial charge on any atom is -0.478 e. The van der Waals surface area contributed by atoms with Crippen LogP contribution < -0.4 is 15.6 Å². The van der Waals surface area contributed by atoms with E-state index in [2.05, 4.69) is 15.3 Å². The molecule has 156 valence electrons. The van der Waals surface area contributed by atoms with Crippen molar-refractivity contribution in [1.29, 1.82) is 5.41 Å². The summed E-state index contributed by atoms with van der Waals surface area (Å²) >= 11 is 6.05. The molecular formula is C23H20ClN5O2. The van der Waals surface area contributed by atoms with Crippen LogP contribution in [0.15, 0.2) is 71.2 Å². The molecule has 0 spiro atoms. The molecule has 0 atom stereocenters. The molecule has 2 N–H and O–H groups in total. The Morgan fingerprint density at radius 1 is 1.16 bits per heavy atom. The minimum absolute atomic E-state index is 0.263. The smallest absolute Gasteiger partial charge is 0.283 e. The van der Waals surface area contributed by atoms with Gasteiger partial charge in [-0.3, -0.25) is 9.36 Å². The maximum Gasteiger partial charge on any atom is 0.283 e. The first-order valence-corrected chi connectivity index (χ1v) is 10.1. The van der Waals surface area contributed by atoms with Crippen molar-refractivity contribution in [2.45, 2.75) is 6.92 Å². The molecule has 0 unspecified atom stereocenters. The number of benzene rings is 1. The van der Waals surface area contributed by atoms with Crippen molar-refractivity contribution in [2.24, 2.45) is 0 Å². The van der Waals surface area contributed by atoms with E-state index < -0.39 is 0 Å². The van der Waals surface area contributed by atoms with Crippen LogP contribution in [0.3, 0.4) is 0 Å². The number of halogens is 1. The van der Waals surface area contributed by atoms with Crippen LogP contribution in [0, 0.1) is 5.41 Å². The lowest BCUT2D eigenvalue weighted by atomic mass is 9.99. The zero-order valence-corrected chi connectivity index (χ0v) is 17.8. The second-order valence-electron chi connectivity index (χ2n) is 6.74. The summed E-state index contributed by atoms with van der Waals surface area (Å²) in [6.07, 6.45) is 6.84. The van der Waals surface area contributed by atoms with Crippen LogP contribution in [0.5, 0.6) is 5.88 Å². The number of pyridine rings is 1. The summed E-state index contributed by atoms with van der Waals surface area (Å²) < 4.78 is 7.03. The average Bonchev–Trinajstić information content (AvgIpc) is 2.76. The van der Waals surface area contributed by atoms with Gasteiger partial charge < -0.3 is 15.5 Å². The van der Waals surface area contributed by atoms with Crippen LogP contribution >= 0.6 is 11.6 Å². The average molecular weight is 434 g/mol. The Labute approximate surface area is 183 Å². The van der Waals surface area contributed by atoms with Gasteiger partial charge in [0.2, 0.25) is 5.88 Å². The quantitative estimate of drug-likeness (QED) is 0.636. The lowest BCUT2D eigenvalue weighted by Gasteiger charge is -2.15. The Balaban J connectivity index is 2.00. The Bertz CT molecular complexity index is 1320. The molecule has 1 aromatic carbocycles. The summed E-state index contributed by atoms with van der Waals surface area (Å²) in [4.78, 5) is 22.7. The van der Waals surface area contributed by atoms with Crippen molar-refractivity contribution in [2.75, 3.05) is 13.7 Å². The van der Waals surface area contributed by atoms with Crippen molar-refractivity contribution >= 4 is 34.0 Å². The molecule has 0 radical (unpaired) electrons. The largest absolute Gasteiger partial charge is 0.478 e. The Hall–Kier alpha value is -3.71. The van der Waals surface area contributed by atoms with E-state index in [4.69, 9.17) is 21.7 Å². The van der Waals surface area contributed by atoms with Gasteiger partial charge in [0, 0.05) is 35.5 Å². The number of ether oxygens (including phenoxy) is 1. The molecule has 8 heteroatoms. The van der Waals surface area contributed by atoms with E-state index in [1.54, 1.807) is 67.9 Å². The molecule has 1 aliphatic rings. The van der Waals surface area contributed by atoms with Crippen LogP contribution in [-0.2, 0) is 0 Å². The van der Waals surface area contributed by atoms with Gasteiger partial charge >= 0.3 is 0 Å². The Kier molecular flexibility index (Phi) is 5.68. The highest BCUT2D eigenvalue weighted by atomic mass is 35.5. The van der Waals surface area contributed by atoms with Crippen LogP contribution in [0.1, 0.15) is 12.6 Å². The molecule has 0 saturated carbocycles. The molecule has 2 aromatic heterocycles. The number of hydrogen-bond donors (Lipinski definition) is 2. The number of rotatable bonds is 5. The van der Waals surface area contributed by atoms with E-state index in [-0.39, 0.29) is 11.3 Å². The molecule has 0 aliphatic heterocycles. The predicted octanol–water partition coefficient (Wildman–Crippen LogP) is 3.91. The molecule has 0 fully saturated rings. The third-order valence-corrected chi connectivity index (χ3v) is 4.93. The Morgan fingerprint density at radius 3 is 2.65 bits per heavy atom. The lowest BCUT2D eigenvalue weighted by Crippen LogP contribution is -2.25. The molecule has 31 heavy (non-hydrogen) atoms. The van der Waals surface area contributed by atoms with Crippen LogP contribution in [-0.4, -0.2) is 33.9 Å². The number of hydrogen-bond acceptors (Lipinski definition) is 6. The number of aromatic nitrogens is 3. The van der Waals surface area contributed by atoms with E-state index in [0.29, 0.717) is 51.2 Å². The zero-order chi connectivity index (χ0) is 22.0. The van der Waals surface area contributed by atoms with E-state index in [1.165, 1.54) is 4.57 Å². The first-order chi connectivity index (χ1) is 15.0. The third kappa shape index (κ3) is 4.00. The van der Waals surface area contributed by atoms with Gasteiger partial charge in [-0.2, -0.15) is 4.98 Å². The second-order valence-corrected chi connectivity index (χ2v) is 7.17. The normalized spacial score (nSPS) is 14.7.